The molecule has 0 unspecified atom stereocenters. The van der Waals surface area contributed by atoms with Gasteiger partial charge in [-0.15, -0.1) is 0 Å². The largest absolute Gasteiger partial charge is 0.457 e. The number of halogens is 2. The molecule has 0 spiro atoms. The van der Waals surface area contributed by atoms with Crippen LogP contribution in [0, 0.1) is 0 Å². The van der Waals surface area contributed by atoms with Crippen molar-refractivity contribution in [2.75, 3.05) is 11.9 Å². The highest BCUT2D eigenvalue weighted by Gasteiger charge is 2.27. The maximum Gasteiger partial charge on any atom is 0.340 e. The van der Waals surface area contributed by atoms with Gasteiger partial charge in [0.2, 0.25) is 0 Å². The summed E-state index contributed by atoms with van der Waals surface area (Å²) in [4.78, 5) is 13.1. The van der Waals surface area contributed by atoms with Gasteiger partial charge >= 0.3 is 6.03 Å². The van der Waals surface area contributed by atoms with Crippen molar-refractivity contribution in [3.05, 3.63) is 124 Å². The first-order valence-electron chi connectivity index (χ1n) is 11.0. The zero-order valence-corrected chi connectivity index (χ0v) is 20.1. The quantitative estimate of drug-likeness (QED) is 0.294. The summed E-state index contributed by atoms with van der Waals surface area (Å²) in [5.41, 5.74) is 7.63. The molecular formula is C28H21Cl2N3O2. The minimum atomic E-state index is -0.280. The molecule has 5 nitrogen and oxygen atoms in total. The molecule has 0 atom stereocenters. The lowest BCUT2D eigenvalue weighted by Crippen LogP contribution is -2.40. The SMILES string of the molecule is O=C(Nc1ccc(Oc2ccccc2)cc1)N1CC(c2ccc(Cl)cc2)=C(c2ccc(Cl)cc2)N1. The Morgan fingerprint density at radius 1 is 0.743 bits per heavy atom. The van der Waals surface area contributed by atoms with Crippen LogP contribution in [0.25, 0.3) is 11.3 Å². The van der Waals surface area contributed by atoms with Crippen molar-refractivity contribution in [1.82, 2.24) is 10.4 Å². The number of amides is 2. The lowest BCUT2D eigenvalue weighted by molar-refractivity contribution is 0.210. The number of anilines is 1. The smallest absolute Gasteiger partial charge is 0.340 e. The summed E-state index contributed by atoms with van der Waals surface area (Å²) in [6.45, 7) is 0.376. The van der Waals surface area contributed by atoms with Gasteiger partial charge in [0.25, 0.3) is 0 Å². The Bertz CT molecular complexity index is 1300. The lowest BCUT2D eigenvalue weighted by Gasteiger charge is -2.19. The molecule has 35 heavy (non-hydrogen) atoms. The second-order valence-electron chi connectivity index (χ2n) is 7.93. The number of hydrazine groups is 1. The second kappa shape index (κ2) is 10.1. The Labute approximate surface area is 213 Å². The van der Waals surface area contributed by atoms with Crippen LogP contribution in [0.3, 0.4) is 0 Å². The van der Waals surface area contributed by atoms with Crippen LogP contribution in [0.4, 0.5) is 10.5 Å². The van der Waals surface area contributed by atoms with Crippen LogP contribution >= 0.6 is 23.2 Å². The summed E-state index contributed by atoms with van der Waals surface area (Å²) in [5, 5.41) is 5.78. The van der Waals surface area contributed by atoms with Gasteiger partial charge in [-0.1, -0.05) is 65.7 Å². The van der Waals surface area contributed by atoms with Crippen LogP contribution in [0.1, 0.15) is 11.1 Å². The number of benzene rings is 4. The van der Waals surface area contributed by atoms with Gasteiger partial charge in [0.1, 0.15) is 11.5 Å². The van der Waals surface area contributed by atoms with E-state index in [0.29, 0.717) is 28.0 Å². The van der Waals surface area contributed by atoms with Gasteiger partial charge in [0.05, 0.1) is 12.2 Å². The van der Waals surface area contributed by atoms with Crippen LogP contribution in [0.2, 0.25) is 10.0 Å². The van der Waals surface area contributed by atoms with Crippen molar-refractivity contribution < 1.29 is 9.53 Å². The zero-order chi connectivity index (χ0) is 24.2. The standard InChI is InChI=1S/C28H21Cl2N3O2/c29-21-10-6-19(7-11-21)26-18-33(32-27(26)20-8-12-22(30)13-9-20)28(34)31-23-14-16-25(17-15-23)35-24-4-2-1-3-5-24/h1-17,32H,18H2,(H,31,34). The molecule has 1 heterocycles. The van der Waals surface area contributed by atoms with Gasteiger partial charge in [-0.3, -0.25) is 5.43 Å². The number of rotatable bonds is 5. The van der Waals surface area contributed by atoms with Crippen LogP contribution in [0.5, 0.6) is 11.5 Å². The Morgan fingerprint density at radius 3 is 1.94 bits per heavy atom. The summed E-state index contributed by atoms with van der Waals surface area (Å²) >= 11 is 12.2. The minimum absolute atomic E-state index is 0.280. The Morgan fingerprint density at radius 2 is 1.31 bits per heavy atom. The van der Waals surface area contributed by atoms with Crippen molar-refractivity contribution in [1.29, 1.82) is 0 Å². The third-order valence-corrected chi connectivity index (χ3v) is 6.02. The number of hydrogen-bond donors (Lipinski definition) is 2. The van der Waals surface area contributed by atoms with Gasteiger partial charge in [-0.25, -0.2) is 9.80 Å². The average Bonchev–Trinajstić information content (AvgIpc) is 3.32. The predicted molar refractivity (Wildman–Crippen MR) is 142 cm³/mol. The molecule has 0 saturated heterocycles. The van der Waals surface area contributed by atoms with Crippen LogP contribution in [-0.4, -0.2) is 17.6 Å². The molecule has 0 aromatic heterocycles. The topological polar surface area (TPSA) is 53.6 Å². The maximum absolute atomic E-state index is 13.1. The number of carbonyl (C=O) groups is 1. The van der Waals surface area contributed by atoms with Crippen molar-refractivity contribution in [3.8, 4) is 11.5 Å². The number of nitrogens with one attached hydrogen (secondary N) is 2. The van der Waals surface area contributed by atoms with Crippen LogP contribution in [-0.2, 0) is 0 Å². The molecule has 1 aliphatic heterocycles. The maximum atomic E-state index is 13.1. The highest BCUT2D eigenvalue weighted by Crippen LogP contribution is 2.32. The van der Waals surface area contributed by atoms with E-state index in [4.69, 9.17) is 27.9 Å². The number of para-hydroxylation sites is 1. The van der Waals surface area contributed by atoms with Crippen LogP contribution < -0.4 is 15.5 Å². The lowest BCUT2D eigenvalue weighted by atomic mass is 10.0. The average molecular weight is 502 g/mol. The van der Waals surface area contributed by atoms with Gasteiger partial charge in [-0.2, -0.15) is 0 Å². The minimum Gasteiger partial charge on any atom is -0.457 e. The van der Waals surface area contributed by atoms with Crippen molar-refractivity contribution in [2.45, 2.75) is 0 Å². The zero-order valence-electron chi connectivity index (χ0n) is 18.5. The first-order chi connectivity index (χ1) is 17.0. The van der Waals surface area contributed by atoms with E-state index >= 15 is 0 Å². The highest BCUT2D eigenvalue weighted by atomic mass is 35.5. The number of carbonyl (C=O) groups excluding carboxylic acids is 1. The molecule has 7 heteroatoms. The molecule has 2 amide bonds. The summed E-state index contributed by atoms with van der Waals surface area (Å²) in [5.74, 6) is 1.44. The van der Waals surface area contributed by atoms with Gasteiger partial charge < -0.3 is 10.1 Å². The number of urea groups is 1. The van der Waals surface area contributed by atoms with E-state index in [1.54, 1.807) is 17.1 Å². The van der Waals surface area contributed by atoms with Crippen molar-refractivity contribution in [2.24, 2.45) is 0 Å². The molecule has 4 aromatic carbocycles. The molecule has 174 valence electrons. The second-order valence-corrected chi connectivity index (χ2v) is 8.81. The fourth-order valence-corrected chi connectivity index (χ4v) is 4.02. The van der Waals surface area contributed by atoms with E-state index in [2.05, 4.69) is 10.7 Å². The molecule has 0 bridgehead atoms. The van der Waals surface area contributed by atoms with E-state index in [-0.39, 0.29) is 6.03 Å². The first-order valence-corrected chi connectivity index (χ1v) is 11.7. The van der Waals surface area contributed by atoms with E-state index < -0.39 is 0 Å². The molecule has 1 aliphatic rings. The van der Waals surface area contributed by atoms with Crippen LogP contribution in [0.15, 0.2) is 103 Å². The molecule has 5 rings (SSSR count). The predicted octanol–water partition coefficient (Wildman–Crippen LogP) is 7.71. The van der Waals surface area contributed by atoms with E-state index in [9.17, 15) is 4.79 Å². The highest BCUT2D eigenvalue weighted by molar-refractivity contribution is 6.31. The molecule has 0 radical (unpaired) electrons. The number of hydrogen-bond acceptors (Lipinski definition) is 3. The molecule has 0 fully saturated rings. The Kier molecular flexibility index (Phi) is 6.62. The summed E-state index contributed by atoms with van der Waals surface area (Å²) < 4.78 is 5.82. The molecule has 0 aliphatic carbocycles. The Balaban J connectivity index is 1.32. The Hall–Kier alpha value is -3.93. The number of ether oxygens (including phenoxy) is 1. The molecule has 2 N–H and O–H groups in total. The first kappa shape index (κ1) is 22.8. The van der Waals surface area contributed by atoms with E-state index in [1.165, 1.54) is 0 Å². The fraction of sp³-hybridized carbons (Fsp3) is 0.0357. The van der Waals surface area contributed by atoms with E-state index in [1.807, 2.05) is 91.0 Å². The number of nitrogens with zero attached hydrogens (tertiary/aromatic N) is 1. The summed E-state index contributed by atoms with van der Waals surface area (Å²) in [6.07, 6.45) is 0. The third-order valence-electron chi connectivity index (χ3n) is 5.52. The summed E-state index contributed by atoms with van der Waals surface area (Å²) in [6, 6.07) is 31.6. The van der Waals surface area contributed by atoms with Gasteiger partial charge in [0, 0.05) is 21.3 Å². The fourth-order valence-electron chi connectivity index (χ4n) is 3.77. The van der Waals surface area contributed by atoms with Gasteiger partial charge in [-0.05, 0) is 71.8 Å². The normalized spacial score (nSPS) is 12.9. The van der Waals surface area contributed by atoms with Crippen molar-refractivity contribution >= 4 is 46.2 Å². The molecule has 4 aromatic rings. The van der Waals surface area contributed by atoms with Crippen molar-refractivity contribution in [3.63, 3.8) is 0 Å². The monoisotopic (exact) mass is 501 g/mol. The van der Waals surface area contributed by atoms with Gasteiger partial charge in [0.15, 0.2) is 0 Å². The summed E-state index contributed by atoms with van der Waals surface area (Å²) in [7, 11) is 0. The van der Waals surface area contributed by atoms with E-state index in [0.717, 1.165) is 28.1 Å². The molecular weight excluding hydrogens is 481 g/mol. The molecule has 0 saturated carbocycles. The third kappa shape index (κ3) is 5.43.